The lowest BCUT2D eigenvalue weighted by Gasteiger charge is -2.34. The molecule has 3 atom stereocenters. The number of oxime groups is 1. The molecule has 3 N–H and O–H groups in total. The molecule has 11 heteroatoms. The highest BCUT2D eigenvalue weighted by Gasteiger charge is 2.52. The van der Waals surface area contributed by atoms with Gasteiger partial charge in [-0.3, -0.25) is 19.2 Å². The molecule has 0 aliphatic carbocycles. The van der Waals surface area contributed by atoms with Gasteiger partial charge in [0.1, 0.15) is 6.04 Å². The van der Waals surface area contributed by atoms with Crippen molar-refractivity contribution in [1.82, 2.24) is 15.2 Å². The second-order valence-electron chi connectivity index (χ2n) is 10.5. The Bertz CT molecular complexity index is 1470. The van der Waals surface area contributed by atoms with Crippen LogP contribution in [0.2, 0.25) is 0 Å². The van der Waals surface area contributed by atoms with Crippen LogP contribution in [0.15, 0.2) is 65.9 Å². The van der Waals surface area contributed by atoms with E-state index in [4.69, 9.17) is 4.84 Å². The molecule has 2 heterocycles. The van der Waals surface area contributed by atoms with Crippen LogP contribution >= 0.6 is 15.9 Å². The lowest BCUT2D eigenvalue weighted by Crippen LogP contribution is -2.53. The molecule has 2 amide bonds. The van der Waals surface area contributed by atoms with E-state index in [9.17, 15) is 24.3 Å². The number of nitrogens with one attached hydrogen (secondary N) is 2. The van der Waals surface area contributed by atoms with Crippen molar-refractivity contribution in [3.8, 4) is 0 Å². The Morgan fingerprint density at radius 2 is 1.80 bits per heavy atom. The quantitative estimate of drug-likeness (QED) is 0.262. The number of carboxylic acid groups (broad SMARTS) is 1. The van der Waals surface area contributed by atoms with Crippen LogP contribution in [0.4, 0.5) is 0 Å². The van der Waals surface area contributed by atoms with Crippen LogP contribution in [0.5, 0.6) is 0 Å². The van der Waals surface area contributed by atoms with E-state index >= 15 is 0 Å². The number of aliphatic carboxylic acids is 1. The monoisotopic (exact) mass is 624 g/mol. The Hall–Kier alpha value is -3.99. The number of ketones is 1. The molecule has 0 fully saturated rings. The van der Waals surface area contributed by atoms with Gasteiger partial charge >= 0.3 is 5.97 Å². The number of amides is 2. The maximum atomic E-state index is 14.1. The Morgan fingerprint density at radius 3 is 2.46 bits per heavy atom. The molecular weight excluding hydrogens is 592 g/mol. The first-order valence-electron chi connectivity index (χ1n) is 13.3. The van der Waals surface area contributed by atoms with E-state index in [-0.39, 0.29) is 30.0 Å². The number of carbonyl (C=O) groups is 4. The minimum absolute atomic E-state index is 0.0126. The van der Waals surface area contributed by atoms with Gasteiger partial charge in [0, 0.05) is 36.1 Å². The van der Waals surface area contributed by atoms with Crippen LogP contribution < -0.4 is 5.32 Å². The zero-order chi connectivity index (χ0) is 29.7. The predicted molar refractivity (Wildman–Crippen MR) is 158 cm³/mol. The van der Waals surface area contributed by atoms with E-state index in [2.05, 4.69) is 31.4 Å². The maximum absolute atomic E-state index is 14.1. The lowest BCUT2D eigenvalue weighted by atomic mass is 9.83. The van der Waals surface area contributed by atoms with Crippen molar-refractivity contribution < 1.29 is 29.1 Å². The molecule has 0 saturated carbocycles. The molecule has 0 spiro atoms. The van der Waals surface area contributed by atoms with Gasteiger partial charge in [-0.25, -0.2) is 0 Å². The molecule has 1 aromatic heterocycles. The zero-order valence-corrected chi connectivity index (χ0v) is 24.7. The minimum atomic E-state index is -1.64. The first kappa shape index (κ1) is 30.0. The molecule has 0 saturated heterocycles. The topological polar surface area (TPSA) is 141 Å². The summed E-state index contributed by atoms with van der Waals surface area (Å²) in [6, 6.07) is 14.8. The normalized spacial score (nSPS) is 17.9. The van der Waals surface area contributed by atoms with Gasteiger partial charge in [-0.05, 0) is 17.5 Å². The number of aromatic nitrogens is 1. The van der Waals surface area contributed by atoms with E-state index in [1.165, 1.54) is 7.05 Å². The van der Waals surface area contributed by atoms with Crippen LogP contribution in [0.3, 0.4) is 0 Å². The Morgan fingerprint density at radius 1 is 1.12 bits per heavy atom. The number of benzene rings is 2. The third kappa shape index (κ3) is 6.35. The van der Waals surface area contributed by atoms with E-state index in [1.54, 1.807) is 30.3 Å². The molecule has 41 heavy (non-hydrogen) atoms. The standard InChI is InChI=1S/C30H33BrN4O6/c1-18(2)28(33-26(37)13-19-17-32-22-12-8-7-11-21(19)22)23-15-30(41-34-23,20-9-5-4-6-10-20)29(40)35(3)24(14-27(38)39)25(36)16-31/h4-12,17-18,24,28,32H,13-16H2,1-3H3,(H,33,37)(H,38,39)/t24-,28-,30?/m0/s1. The first-order chi connectivity index (χ1) is 19.6. The lowest BCUT2D eigenvalue weighted by molar-refractivity contribution is -0.160. The summed E-state index contributed by atoms with van der Waals surface area (Å²) >= 11 is 3.09. The number of hydrogen-bond acceptors (Lipinski definition) is 6. The molecule has 4 rings (SSSR count). The van der Waals surface area contributed by atoms with Crippen molar-refractivity contribution in [2.75, 3.05) is 12.4 Å². The number of aromatic amines is 1. The number of Topliss-reactive ketones (excluding diaryl/α,β-unsaturated/α-hetero) is 1. The number of carbonyl (C=O) groups excluding carboxylic acids is 3. The van der Waals surface area contributed by atoms with Gasteiger partial charge in [0.25, 0.3) is 5.91 Å². The molecule has 10 nitrogen and oxygen atoms in total. The average Bonchev–Trinajstić information content (AvgIpc) is 3.59. The van der Waals surface area contributed by atoms with E-state index in [1.807, 2.05) is 44.3 Å². The molecule has 1 aliphatic rings. The zero-order valence-electron chi connectivity index (χ0n) is 23.1. The summed E-state index contributed by atoms with van der Waals surface area (Å²) in [6.45, 7) is 3.88. The average molecular weight is 626 g/mol. The number of likely N-dealkylation sites (N-methyl/N-ethyl adjacent to an activating group) is 1. The number of hydrogen-bond donors (Lipinski definition) is 3. The number of alkyl halides is 1. The number of rotatable bonds is 12. The number of carboxylic acids is 1. The van der Waals surface area contributed by atoms with Crippen molar-refractivity contribution in [2.24, 2.45) is 11.1 Å². The van der Waals surface area contributed by atoms with Crippen molar-refractivity contribution in [2.45, 2.75) is 50.8 Å². The molecule has 2 aromatic carbocycles. The van der Waals surface area contributed by atoms with Crippen LogP contribution in [0, 0.1) is 5.92 Å². The predicted octanol–water partition coefficient (Wildman–Crippen LogP) is 3.79. The van der Waals surface area contributed by atoms with Crippen molar-refractivity contribution in [1.29, 1.82) is 0 Å². The van der Waals surface area contributed by atoms with Crippen LogP contribution in [0.25, 0.3) is 10.9 Å². The highest BCUT2D eigenvalue weighted by atomic mass is 79.9. The van der Waals surface area contributed by atoms with Gasteiger partial charge in [-0.15, -0.1) is 0 Å². The van der Waals surface area contributed by atoms with Crippen LogP contribution in [0.1, 0.15) is 37.8 Å². The van der Waals surface area contributed by atoms with Gasteiger partial charge in [0.05, 0.1) is 29.9 Å². The molecule has 1 aliphatic heterocycles. The van der Waals surface area contributed by atoms with Crippen molar-refractivity contribution >= 4 is 56.1 Å². The molecular formula is C30H33BrN4O6. The van der Waals surface area contributed by atoms with Crippen LogP contribution in [-0.2, 0) is 36.0 Å². The highest BCUT2D eigenvalue weighted by molar-refractivity contribution is 9.09. The fourth-order valence-corrected chi connectivity index (χ4v) is 5.55. The second kappa shape index (κ2) is 12.7. The summed E-state index contributed by atoms with van der Waals surface area (Å²) in [5, 5.41) is 17.7. The van der Waals surface area contributed by atoms with E-state index < -0.39 is 41.8 Å². The smallest absolute Gasteiger partial charge is 0.305 e. The number of halogens is 1. The molecule has 3 aromatic rings. The fraction of sp³-hybridized carbons (Fsp3) is 0.367. The molecule has 1 unspecified atom stereocenters. The summed E-state index contributed by atoms with van der Waals surface area (Å²) in [6.07, 6.45) is 1.43. The Kier molecular flexibility index (Phi) is 9.27. The maximum Gasteiger partial charge on any atom is 0.305 e. The summed E-state index contributed by atoms with van der Waals surface area (Å²) in [5.74, 6) is -2.55. The van der Waals surface area contributed by atoms with E-state index in [0.29, 0.717) is 11.3 Å². The highest BCUT2D eigenvalue weighted by Crippen LogP contribution is 2.39. The molecule has 0 radical (unpaired) electrons. The summed E-state index contributed by atoms with van der Waals surface area (Å²) < 4.78 is 0. The van der Waals surface area contributed by atoms with Gasteiger partial charge in [-0.1, -0.05) is 83.5 Å². The number of nitrogens with zero attached hydrogens (tertiary/aromatic N) is 2. The van der Waals surface area contributed by atoms with Crippen LogP contribution in [-0.4, -0.2) is 68.7 Å². The van der Waals surface area contributed by atoms with E-state index in [0.717, 1.165) is 21.4 Å². The van der Waals surface area contributed by atoms with Crippen molar-refractivity contribution in [3.05, 3.63) is 71.9 Å². The van der Waals surface area contributed by atoms with Gasteiger partial charge in [0.2, 0.25) is 11.5 Å². The third-order valence-electron chi connectivity index (χ3n) is 7.36. The van der Waals surface area contributed by atoms with Gasteiger partial charge in [-0.2, -0.15) is 0 Å². The fourth-order valence-electron chi connectivity index (χ4n) is 5.18. The Labute approximate surface area is 246 Å². The summed E-state index contributed by atoms with van der Waals surface area (Å²) in [5.41, 5.74) is 1.15. The SMILES string of the molecule is CC(C)[C@H](NC(=O)Cc1c[nH]c2ccccc12)C1=NOC(C(=O)N(C)[C@@H](CC(=O)O)C(=O)CBr)(c2ccccc2)C1. The minimum Gasteiger partial charge on any atom is -0.481 e. The third-order valence-corrected chi connectivity index (χ3v) is 7.91. The molecule has 216 valence electrons. The van der Waals surface area contributed by atoms with Crippen molar-refractivity contribution in [3.63, 3.8) is 0 Å². The van der Waals surface area contributed by atoms with Gasteiger partial charge < -0.3 is 25.1 Å². The Balaban J connectivity index is 1.60. The first-order valence-corrected chi connectivity index (χ1v) is 14.4. The van der Waals surface area contributed by atoms with Gasteiger partial charge in [0.15, 0.2) is 5.78 Å². The summed E-state index contributed by atoms with van der Waals surface area (Å²) in [7, 11) is 1.39. The number of H-pyrrole nitrogens is 1. The molecule has 0 bridgehead atoms. The number of fused-ring (bicyclic) bond motifs is 1. The number of para-hydroxylation sites is 1. The largest absolute Gasteiger partial charge is 0.481 e. The second-order valence-corrected chi connectivity index (χ2v) is 11.1. The summed E-state index contributed by atoms with van der Waals surface area (Å²) in [4.78, 5) is 61.7.